The Hall–Kier alpha value is -2.88. The van der Waals surface area contributed by atoms with Crippen molar-refractivity contribution in [3.8, 4) is 0 Å². The standard InChI is InChI=1S/C20H23F2N5O3/c1-11-23-18(26-25-11)17-9-14(24-19(28)12-4-6-30-7-5-12)10-27(17)20(29)13-2-3-15(21)16(22)8-13/h2-3,8,12,14,17H,4-7,9-10H2,1H3,(H,24,28)(H,23,25,26)/t14-,17-/m0/s1. The summed E-state index contributed by atoms with van der Waals surface area (Å²) in [6.07, 6.45) is 1.76. The number of rotatable bonds is 4. The zero-order valence-corrected chi connectivity index (χ0v) is 16.5. The molecule has 0 saturated carbocycles. The third kappa shape index (κ3) is 4.18. The van der Waals surface area contributed by atoms with Crippen molar-refractivity contribution in [1.82, 2.24) is 25.4 Å². The number of amides is 2. The molecule has 1 aromatic heterocycles. The van der Waals surface area contributed by atoms with Crippen LogP contribution in [0.4, 0.5) is 8.78 Å². The minimum atomic E-state index is -1.09. The molecule has 0 radical (unpaired) electrons. The fourth-order valence-corrected chi connectivity index (χ4v) is 3.99. The molecule has 10 heteroatoms. The summed E-state index contributed by atoms with van der Waals surface area (Å²) in [7, 11) is 0. The van der Waals surface area contributed by atoms with Crippen molar-refractivity contribution >= 4 is 11.8 Å². The van der Waals surface area contributed by atoms with Gasteiger partial charge in [0.1, 0.15) is 5.82 Å². The second kappa shape index (κ2) is 8.47. The van der Waals surface area contributed by atoms with Crippen molar-refractivity contribution in [2.75, 3.05) is 19.8 Å². The number of nitrogens with one attached hydrogen (secondary N) is 2. The molecule has 160 valence electrons. The fraction of sp³-hybridized carbons (Fsp3) is 0.500. The Balaban J connectivity index is 1.54. The third-order valence-corrected chi connectivity index (χ3v) is 5.58. The Kier molecular flexibility index (Phi) is 5.76. The van der Waals surface area contributed by atoms with Gasteiger partial charge in [-0.15, -0.1) is 0 Å². The molecule has 2 aromatic rings. The number of carbonyl (C=O) groups is 2. The number of likely N-dealkylation sites (tertiary alicyclic amines) is 1. The zero-order chi connectivity index (χ0) is 21.3. The second-order valence-corrected chi connectivity index (χ2v) is 7.71. The molecule has 2 atom stereocenters. The third-order valence-electron chi connectivity index (χ3n) is 5.58. The fourth-order valence-electron chi connectivity index (χ4n) is 3.99. The highest BCUT2D eigenvalue weighted by Crippen LogP contribution is 2.32. The molecule has 2 aliphatic heterocycles. The maximum absolute atomic E-state index is 13.7. The Morgan fingerprint density at radius 1 is 1.23 bits per heavy atom. The van der Waals surface area contributed by atoms with Gasteiger partial charge in [0.05, 0.1) is 6.04 Å². The first-order valence-corrected chi connectivity index (χ1v) is 9.95. The molecule has 0 unspecified atom stereocenters. The van der Waals surface area contributed by atoms with Gasteiger partial charge in [-0.3, -0.25) is 14.7 Å². The van der Waals surface area contributed by atoms with Crippen LogP contribution in [0.15, 0.2) is 18.2 Å². The summed E-state index contributed by atoms with van der Waals surface area (Å²) in [6, 6.07) is 2.27. The second-order valence-electron chi connectivity index (χ2n) is 7.71. The zero-order valence-electron chi connectivity index (χ0n) is 16.5. The van der Waals surface area contributed by atoms with Gasteiger partial charge in [0.15, 0.2) is 17.5 Å². The van der Waals surface area contributed by atoms with E-state index in [-0.39, 0.29) is 30.0 Å². The van der Waals surface area contributed by atoms with Gasteiger partial charge in [0.2, 0.25) is 5.91 Å². The van der Waals surface area contributed by atoms with Crippen LogP contribution in [-0.4, -0.2) is 57.7 Å². The van der Waals surface area contributed by atoms with Crippen LogP contribution < -0.4 is 5.32 Å². The summed E-state index contributed by atoms with van der Waals surface area (Å²) in [5, 5.41) is 9.95. The van der Waals surface area contributed by atoms with E-state index in [1.165, 1.54) is 11.0 Å². The van der Waals surface area contributed by atoms with Crippen molar-refractivity contribution in [1.29, 1.82) is 0 Å². The van der Waals surface area contributed by atoms with E-state index in [1.54, 1.807) is 6.92 Å². The molecule has 0 spiro atoms. The van der Waals surface area contributed by atoms with Gasteiger partial charge in [0.25, 0.3) is 5.91 Å². The summed E-state index contributed by atoms with van der Waals surface area (Å²) in [5.41, 5.74) is 0.0302. The molecular weight excluding hydrogens is 396 g/mol. The van der Waals surface area contributed by atoms with Gasteiger partial charge in [-0.25, -0.2) is 13.8 Å². The topological polar surface area (TPSA) is 100 Å². The summed E-state index contributed by atoms with van der Waals surface area (Å²) >= 11 is 0. The quantitative estimate of drug-likeness (QED) is 0.788. The van der Waals surface area contributed by atoms with Crippen molar-refractivity contribution in [3.63, 3.8) is 0 Å². The van der Waals surface area contributed by atoms with Crippen LogP contribution in [0.3, 0.4) is 0 Å². The van der Waals surface area contributed by atoms with Gasteiger partial charge in [-0.05, 0) is 44.4 Å². The monoisotopic (exact) mass is 419 g/mol. The summed E-state index contributed by atoms with van der Waals surface area (Å²) < 4.78 is 32.2. The average Bonchev–Trinajstić information content (AvgIpc) is 3.36. The predicted molar refractivity (Wildman–Crippen MR) is 101 cm³/mol. The molecule has 30 heavy (non-hydrogen) atoms. The number of carbonyl (C=O) groups excluding carboxylic acids is 2. The normalized spacial score (nSPS) is 22.3. The minimum absolute atomic E-state index is 0.0302. The van der Waals surface area contributed by atoms with Crippen LogP contribution in [0, 0.1) is 24.5 Å². The lowest BCUT2D eigenvalue weighted by Crippen LogP contribution is -2.42. The SMILES string of the molecule is Cc1nc([C@@H]2C[C@H](NC(=O)C3CCOCC3)CN2C(=O)c2ccc(F)c(F)c2)n[nH]1. The minimum Gasteiger partial charge on any atom is -0.381 e. The van der Waals surface area contributed by atoms with Crippen LogP contribution >= 0.6 is 0 Å². The highest BCUT2D eigenvalue weighted by molar-refractivity contribution is 5.94. The van der Waals surface area contributed by atoms with E-state index in [0.717, 1.165) is 12.1 Å². The van der Waals surface area contributed by atoms with Crippen molar-refractivity contribution < 1.29 is 23.1 Å². The maximum Gasteiger partial charge on any atom is 0.254 e. The number of halogens is 2. The van der Waals surface area contributed by atoms with Gasteiger partial charge < -0.3 is 15.0 Å². The molecule has 2 saturated heterocycles. The van der Waals surface area contributed by atoms with Crippen molar-refractivity contribution in [2.45, 2.75) is 38.3 Å². The largest absolute Gasteiger partial charge is 0.381 e. The molecule has 3 heterocycles. The number of aromatic amines is 1. The highest BCUT2D eigenvalue weighted by atomic mass is 19.2. The Bertz CT molecular complexity index is 944. The smallest absolute Gasteiger partial charge is 0.254 e. The van der Waals surface area contributed by atoms with Gasteiger partial charge in [-0.1, -0.05) is 0 Å². The van der Waals surface area contributed by atoms with Crippen LogP contribution in [-0.2, 0) is 9.53 Å². The molecule has 4 rings (SSSR count). The van der Waals surface area contributed by atoms with Gasteiger partial charge in [-0.2, -0.15) is 5.10 Å². The number of nitrogens with zero attached hydrogens (tertiary/aromatic N) is 3. The molecule has 2 amide bonds. The molecule has 0 aliphatic carbocycles. The first kappa shape index (κ1) is 20.4. The Morgan fingerprint density at radius 2 is 2.00 bits per heavy atom. The molecule has 2 fully saturated rings. The first-order valence-electron chi connectivity index (χ1n) is 9.95. The molecule has 1 aromatic carbocycles. The number of hydrogen-bond acceptors (Lipinski definition) is 5. The van der Waals surface area contributed by atoms with E-state index in [1.807, 2.05) is 0 Å². The lowest BCUT2D eigenvalue weighted by Gasteiger charge is -2.24. The van der Waals surface area contributed by atoms with Crippen molar-refractivity contribution in [3.05, 3.63) is 47.0 Å². The average molecular weight is 419 g/mol. The summed E-state index contributed by atoms with van der Waals surface area (Å²) in [4.78, 5) is 31.5. The summed E-state index contributed by atoms with van der Waals surface area (Å²) in [6.45, 7) is 3.09. The highest BCUT2D eigenvalue weighted by Gasteiger charge is 2.40. The van der Waals surface area contributed by atoms with Crippen LogP contribution in [0.25, 0.3) is 0 Å². The Morgan fingerprint density at radius 3 is 2.67 bits per heavy atom. The molecule has 8 nitrogen and oxygen atoms in total. The van der Waals surface area contributed by atoms with Crippen LogP contribution in [0.1, 0.15) is 47.3 Å². The first-order chi connectivity index (χ1) is 14.4. The molecular formula is C20H23F2N5O3. The van der Waals surface area contributed by atoms with E-state index < -0.39 is 23.6 Å². The molecule has 2 N–H and O–H groups in total. The van der Waals surface area contributed by atoms with Crippen LogP contribution in [0.5, 0.6) is 0 Å². The predicted octanol–water partition coefficient (Wildman–Crippen LogP) is 1.89. The number of aryl methyl sites for hydroxylation is 1. The number of hydrogen-bond donors (Lipinski definition) is 2. The van der Waals surface area contributed by atoms with E-state index >= 15 is 0 Å². The molecule has 2 aliphatic rings. The number of benzene rings is 1. The number of aromatic nitrogens is 3. The van der Waals surface area contributed by atoms with Crippen LogP contribution in [0.2, 0.25) is 0 Å². The molecule has 0 bridgehead atoms. The lowest BCUT2D eigenvalue weighted by molar-refractivity contribution is -0.128. The van der Waals surface area contributed by atoms with Gasteiger partial charge in [0, 0.05) is 37.3 Å². The van der Waals surface area contributed by atoms with E-state index in [0.29, 0.717) is 44.1 Å². The maximum atomic E-state index is 13.7. The summed E-state index contributed by atoms with van der Waals surface area (Å²) in [5.74, 6) is -1.73. The van der Waals surface area contributed by atoms with E-state index in [4.69, 9.17) is 4.74 Å². The number of ether oxygens (including phenoxy) is 1. The Labute approximate surface area is 172 Å². The van der Waals surface area contributed by atoms with E-state index in [2.05, 4.69) is 20.5 Å². The van der Waals surface area contributed by atoms with E-state index in [9.17, 15) is 18.4 Å². The number of H-pyrrole nitrogens is 1. The lowest BCUT2D eigenvalue weighted by atomic mass is 9.99. The van der Waals surface area contributed by atoms with Gasteiger partial charge >= 0.3 is 0 Å². The van der Waals surface area contributed by atoms with Crippen molar-refractivity contribution in [2.24, 2.45) is 5.92 Å².